The summed E-state index contributed by atoms with van der Waals surface area (Å²) in [5.41, 5.74) is 0.166. The fraction of sp³-hybridized carbons (Fsp3) is 0.455. The smallest absolute Gasteiger partial charge is 0.127 e. The van der Waals surface area contributed by atoms with Crippen LogP contribution in [0.15, 0.2) is 18.2 Å². The molecule has 0 aromatic heterocycles. The van der Waals surface area contributed by atoms with Crippen LogP contribution < -0.4 is 0 Å². The predicted molar refractivity (Wildman–Crippen MR) is 55.6 cm³/mol. The summed E-state index contributed by atoms with van der Waals surface area (Å²) >= 11 is 5.83. The highest BCUT2D eigenvalue weighted by atomic mass is 35.5. The van der Waals surface area contributed by atoms with Crippen molar-refractivity contribution in [2.24, 2.45) is 0 Å². The molecule has 1 fully saturated rings. The molecule has 0 bridgehead atoms. The molecule has 1 saturated heterocycles. The summed E-state index contributed by atoms with van der Waals surface area (Å²) in [4.78, 5) is 0. The molecule has 0 saturated carbocycles. The molecule has 1 aromatic carbocycles. The third kappa shape index (κ3) is 1.87. The molecular weight excluding hydrogens is 219 g/mol. The monoisotopic (exact) mass is 230 g/mol. The first kappa shape index (κ1) is 10.9. The van der Waals surface area contributed by atoms with Crippen LogP contribution in [0.4, 0.5) is 4.39 Å². The second-order valence-corrected chi connectivity index (χ2v) is 4.31. The summed E-state index contributed by atoms with van der Waals surface area (Å²) in [7, 11) is 0. The minimum absolute atomic E-state index is 0.0231. The van der Waals surface area contributed by atoms with Gasteiger partial charge in [-0.1, -0.05) is 11.6 Å². The maximum absolute atomic E-state index is 13.6. The highest BCUT2D eigenvalue weighted by Gasteiger charge is 2.41. The Morgan fingerprint density at radius 2 is 2.20 bits per heavy atom. The normalized spacial score (nSPS) is 18.6. The van der Waals surface area contributed by atoms with E-state index in [1.165, 1.54) is 12.1 Å². The minimum Gasteiger partial charge on any atom is -0.396 e. The van der Waals surface area contributed by atoms with Gasteiger partial charge >= 0.3 is 0 Å². The number of ether oxygens (including phenoxy) is 1. The van der Waals surface area contributed by atoms with E-state index in [4.69, 9.17) is 21.4 Å². The highest BCUT2D eigenvalue weighted by molar-refractivity contribution is 6.30. The van der Waals surface area contributed by atoms with Crippen molar-refractivity contribution in [3.63, 3.8) is 0 Å². The van der Waals surface area contributed by atoms with Gasteiger partial charge in [0.1, 0.15) is 5.82 Å². The number of aliphatic hydroxyl groups is 1. The molecule has 15 heavy (non-hydrogen) atoms. The van der Waals surface area contributed by atoms with Crippen LogP contribution in [0.3, 0.4) is 0 Å². The molecule has 2 rings (SSSR count). The van der Waals surface area contributed by atoms with E-state index in [-0.39, 0.29) is 17.8 Å². The van der Waals surface area contributed by atoms with Crippen molar-refractivity contribution in [1.82, 2.24) is 0 Å². The molecule has 1 aliphatic rings. The Morgan fingerprint density at radius 1 is 1.47 bits per heavy atom. The van der Waals surface area contributed by atoms with Crippen LogP contribution in [0.5, 0.6) is 0 Å². The van der Waals surface area contributed by atoms with E-state index in [0.29, 0.717) is 30.2 Å². The fourth-order valence-electron chi connectivity index (χ4n) is 1.90. The first-order chi connectivity index (χ1) is 7.18. The van der Waals surface area contributed by atoms with Gasteiger partial charge in [0, 0.05) is 22.6 Å². The first-order valence-electron chi connectivity index (χ1n) is 4.82. The van der Waals surface area contributed by atoms with Crippen LogP contribution in [0, 0.1) is 5.82 Å². The standard InChI is InChI=1S/C11H12ClFO2/c12-8-1-2-10(13)9(5-8)11(3-4-14)6-15-7-11/h1-2,5,14H,3-4,6-7H2. The van der Waals surface area contributed by atoms with Crippen LogP contribution in [0.25, 0.3) is 0 Å². The third-order valence-electron chi connectivity index (χ3n) is 2.85. The van der Waals surface area contributed by atoms with Crippen molar-refractivity contribution in [3.05, 3.63) is 34.6 Å². The maximum Gasteiger partial charge on any atom is 0.127 e. The van der Waals surface area contributed by atoms with Crippen molar-refractivity contribution < 1.29 is 14.2 Å². The van der Waals surface area contributed by atoms with Crippen molar-refractivity contribution in [2.75, 3.05) is 19.8 Å². The van der Waals surface area contributed by atoms with Gasteiger partial charge < -0.3 is 9.84 Å². The molecule has 0 aliphatic carbocycles. The number of aliphatic hydroxyl groups excluding tert-OH is 1. The Kier molecular flexibility index (Phi) is 2.96. The molecule has 1 aromatic rings. The second kappa shape index (κ2) is 4.08. The number of halogens is 2. The SMILES string of the molecule is OCCC1(c2cc(Cl)ccc2F)COC1. The molecule has 1 aliphatic heterocycles. The molecule has 82 valence electrons. The molecule has 0 amide bonds. The van der Waals surface area contributed by atoms with Gasteiger partial charge in [0.2, 0.25) is 0 Å². The molecular formula is C11H12ClFO2. The Balaban J connectivity index is 2.37. The molecule has 0 atom stereocenters. The molecule has 0 spiro atoms. The van der Waals surface area contributed by atoms with E-state index < -0.39 is 0 Å². The Bertz CT molecular complexity index is 364. The maximum atomic E-state index is 13.6. The Labute approximate surface area is 92.6 Å². The van der Waals surface area contributed by atoms with Crippen molar-refractivity contribution in [2.45, 2.75) is 11.8 Å². The van der Waals surface area contributed by atoms with E-state index in [0.717, 1.165) is 0 Å². The van der Waals surface area contributed by atoms with E-state index >= 15 is 0 Å². The van der Waals surface area contributed by atoms with Gasteiger partial charge in [0.05, 0.1) is 13.2 Å². The lowest BCUT2D eigenvalue weighted by Gasteiger charge is -2.41. The van der Waals surface area contributed by atoms with E-state index in [1.807, 2.05) is 0 Å². The van der Waals surface area contributed by atoms with Gasteiger partial charge in [-0.15, -0.1) is 0 Å². The third-order valence-corrected chi connectivity index (χ3v) is 3.08. The number of hydrogen-bond donors (Lipinski definition) is 1. The Morgan fingerprint density at radius 3 is 2.73 bits per heavy atom. The molecule has 1 heterocycles. The van der Waals surface area contributed by atoms with Crippen LogP contribution >= 0.6 is 11.6 Å². The van der Waals surface area contributed by atoms with Gasteiger partial charge in [0.15, 0.2) is 0 Å². The summed E-state index contributed by atoms with van der Waals surface area (Å²) in [6.07, 6.45) is 0.504. The van der Waals surface area contributed by atoms with Crippen molar-refractivity contribution >= 4 is 11.6 Å². The van der Waals surface area contributed by atoms with Crippen molar-refractivity contribution in [1.29, 1.82) is 0 Å². The molecule has 0 radical (unpaired) electrons. The van der Waals surface area contributed by atoms with Gasteiger partial charge in [-0.05, 0) is 24.6 Å². The van der Waals surface area contributed by atoms with Crippen molar-refractivity contribution in [3.8, 4) is 0 Å². The lowest BCUT2D eigenvalue weighted by Crippen LogP contribution is -2.48. The second-order valence-electron chi connectivity index (χ2n) is 3.87. The molecule has 1 N–H and O–H groups in total. The molecule has 0 unspecified atom stereocenters. The Hall–Kier alpha value is -0.640. The predicted octanol–water partition coefficient (Wildman–Crippen LogP) is 2.13. The largest absolute Gasteiger partial charge is 0.396 e. The first-order valence-corrected chi connectivity index (χ1v) is 5.20. The topological polar surface area (TPSA) is 29.5 Å². The average molecular weight is 231 g/mol. The average Bonchev–Trinajstić information content (AvgIpc) is 2.16. The van der Waals surface area contributed by atoms with Gasteiger partial charge in [0.25, 0.3) is 0 Å². The van der Waals surface area contributed by atoms with Gasteiger partial charge in [-0.25, -0.2) is 4.39 Å². The zero-order valence-corrected chi connectivity index (χ0v) is 8.93. The highest BCUT2D eigenvalue weighted by Crippen LogP contribution is 2.37. The van der Waals surface area contributed by atoms with Crippen LogP contribution in [0.1, 0.15) is 12.0 Å². The fourth-order valence-corrected chi connectivity index (χ4v) is 2.07. The lowest BCUT2D eigenvalue weighted by atomic mass is 9.76. The summed E-state index contributed by atoms with van der Waals surface area (Å²) in [6.45, 7) is 0.922. The summed E-state index contributed by atoms with van der Waals surface area (Å²) in [6, 6.07) is 4.50. The zero-order valence-electron chi connectivity index (χ0n) is 8.17. The van der Waals surface area contributed by atoms with E-state index in [9.17, 15) is 4.39 Å². The quantitative estimate of drug-likeness (QED) is 0.862. The lowest BCUT2D eigenvalue weighted by molar-refractivity contribution is -0.0716. The number of benzene rings is 1. The number of hydrogen-bond acceptors (Lipinski definition) is 2. The number of rotatable bonds is 3. The van der Waals surface area contributed by atoms with Crippen LogP contribution in [-0.4, -0.2) is 24.9 Å². The van der Waals surface area contributed by atoms with Crippen LogP contribution in [-0.2, 0) is 10.2 Å². The zero-order chi connectivity index (χ0) is 10.9. The van der Waals surface area contributed by atoms with E-state index in [1.54, 1.807) is 6.07 Å². The summed E-state index contributed by atoms with van der Waals surface area (Å²) in [5.74, 6) is -0.281. The van der Waals surface area contributed by atoms with Gasteiger partial charge in [-0.3, -0.25) is 0 Å². The molecule has 2 nitrogen and oxygen atoms in total. The summed E-state index contributed by atoms with van der Waals surface area (Å²) < 4.78 is 18.7. The van der Waals surface area contributed by atoms with Crippen LogP contribution in [0.2, 0.25) is 5.02 Å². The minimum atomic E-state index is -0.385. The van der Waals surface area contributed by atoms with E-state index in [2.05, 4.69) is 0 Å². The summed E-state index contributed by atoms with van der Waals surface area (Å²) in [5, 5.41) is 9.49. The van der Waals surface area contributed by atoms with Gasteiger partial charge in [-0.2, -0.15) is 0 Å². The molecule has 4 heteroatoms.